The van der Waals surface area contributed by atoms with Crippen molar-refractivity contribution in [3.63, 3.8) is 0 Å². The Labute approximate surface area is 127 Å². The molecule has 0 aliphatic carbocycles. The smallest absolute Gasteiger partial charge is 0.0640 e. The maximum atomic E-state index is 6.40. The molecule has 3 heteroatoms. The number of hydrogen-bond acceptors (Lipinski definition) is 1. The topological polar surface area (TPSA) is 12.0 Å². The van der Waals surface area contributed by atoms with E-state index in [1.165, 1.54) is 25.7 Å². The Kier molecular flexibility index (Phi) is 7.82. The molecule has 0 spiro atoms. The molecule has 0 fully saturated rings. The Balaban J connectivity index is 3.06. The second-order valence-corrected chi connectivity index (χ2v) is 5.80. The Morgan fingerprint density at radius 1 is 1.05 bits per heavy atom. The highest BCUT2D eigenvalue weighted by molar-refractivity contribution is 6.42. The van der Waals surface area contributed by atoms with Gasteiger partial charge in [0.1, 0.15) is 0 Å². The lowest BCUT2D eigenvalue weighted by Crippen LogP contribution is -2.28. The molecule has 0 bridgehead atoms. The van der Waals surface area contributed by atoms with Crippen LogP contribution in [0.2, 0.25) is 10.0 Å². The van der Waals surface area contributed by atoms with Gasteiger partial charge in [-0.1, -0.05) is 68.9 Å². The molecule has 1 nitrogen and oxygen atoms in total. The number of nitrogens with one attached hydrogen (secondary N) is 1. The molecule has 1 aromatic rings. The van der Waals surface area contributed by atoms with Crippen LogP contribution in [0.1, 0.15) is 58.1 Å². The molecule has 0 amide bonds. The molecule has 0 aliphatic rings. The molecule has 108 valence electrons. The van der Waals surface area contributed by atoms with Crippen LogP contribution >= 0.6 is 23.2 Å². The maximum absolute atomic E-state index is 6.40. The standard InChI is InChI=1S/C16H25Cl2N/c1-4-8-12(9-5-2)16(19-6-3)13-10-7-11-14(17)15(13)18/h7,10-12,16,19H,4-6,8-9H2,1-3H3. The third kappa shape index (κ3) is 4.66. The van der Waals surface area contributed by atoms with Crippen LogP contribution in [0.4, 0.5) is 0 Å². The molecule has 1 atom stereocenters. The van der Waals surface area contributed by atoms with E-state index >= 15 is 0 Å². The van der Waals surface area contributed by atoms with Gasteiger partial charge in [-0.2, -0.15) is 0 Å². The minimum atomic E-state index is 0.302. The predicted octanol–water partition coefficient (Wildman–Crippen LogP) is 5.86. The molecule has 1 unspecified atom stereocenters. The van der Waals surface area contributed by atoms with Gasteiger partial charge in [-0.05, 0) is 36.9 Å². The van der Waals surface area contributed by atoms with Gasteiger partial charge in [0.2, 0.25) is 0 Å². The summed E-state index contributed by atoms with van der Waals surface area (Å²) in [6, 6.07) is 6.24. The first kappa shape index (κ1) is 16.8. The zero-order valence-electron chi connectivity index (χ0n) is 12.2. The summed E-state index contributed by atoms with van der Waals surface area (Å²) >= 11 is 12.6. The molecule has 0 aliphatic heterocycles. The van der Waals surface area contributed by atoms with E-state index in [0.29, 0.717) is 22.0 Å². The molecule has 0 radical (unpaired) electrons. The van der Waals surface area contributed by atoms with Gasteiger partial charge in [-0.15, -0.1) is 0 Å². The van der Waals surface area contributed by atoms with Gasteiger partial charge in [0.15, 0.2) is 0 Å². The summed E-state index contributed by atoms with van der Waals surface area (Å²) in [5.74, 6) is 0.617. The fourth-order valence-corrected chi connectivity index (χ4v) is 3.16. The van der Waals surface area contributed by atoms with Crippen LogP contribution in [-0.2, 0) is 0 Å². The van der Waals surface area contributed by atoms with Gasteiger partial charge in [0.25, 0.3) is 0 Å². The van der Waals surface area contributed by atoms with E-state index in [1.54, 1.807) is 0 Å². The average Bonchev–Trinajstić information content (AvgIpc) is 2.40. The Hall–Kier alpha value is -0.240. The van der Waals surface area contributed by atoms with Crippen molar-refractivity contribution in [1.29, 1.82) is 0 Å². The van der Waals surface area contributed by atoms with Crippen molar-refractivity contribution >= 4 is 23.2 Å². The van der Waals surface area contributed by atoms with E-state index in [4.69, 9.17) is 23.2 Å². The number of benzene rings is 1. The highest BCUT2D eigenvalue weighted by atomic mass is 35.5. The second kappa shape index (κ2) is 8.84. The van der Waals surface area contributed by atoms with Crippen molar-refractivity contribution in [2.24, 2.45) is 5.92 Å². The minimum absolute atomic E-state index is 0.302. The molecule has 1 rings (SSSR count). The van der Waals surface area contributed by atoms with Crippen molar-refractivity contribution in [1.82, 2.24) is 5.32 Å². The first-order chi connectivity index (χ1) is 9.15. The van der Waals surface area contributed by atoms with Gasteiger partial charge < -0.3 is 5.32 Å². The van der Waals surface area contributed by atoms with Crippen LogP contribution < -0.4 is 5.32 Å². The summed E-state index contributed by atoms with van der Waals surface area (Å²) in [7, 11) is 0. The molecular weight excluding hydrogens is 277 g/mol. The molecule has 1 aromatic carbocycles. The summed E-state index contributed by atoms with van der Waals surface area (Å²) < 4.78 is 0. The van der Waals surface area contributed by atoms with Gasteiger partial charge in [-0.25, -0.2) is 0 Å². The maximum Gasteiger partial charge on any atom is 0.0640 e. The number of halogens is 2. The zero-order valence-corrected chi connectivity index (χ0v) is 13.7. The fraction of sp³-hybridized carbons (Fsp3) is 0.625. The second-order valence-electron chi connectivity index (χ2n) is 5.02. The van der Waals surface area contributed by atoms with E-state index in [1.807, 2.05) is 12.1 Å². The minimum Gasteiger partial charge on any atom is -0.310 e. The molecular formula is C16H25Cl2N. The first-order valence-corrected chi connectivity index (χ1v) is 8.08. The van der Waals surface area contributed by atoms with Crippen LogP contribution in [0, 0.1) is 5.92 Å². The van der Waals surface area contributed by atoms with Crippen molar-refractivity contribution in [3.8, 4) is 0 Å². The van der Waals surface area contributed by atoms with Crippen molar-refractivity contribution in [2.45, 2.75) is 52.5 Å². The van der Waals surface area contributed by atoms with Crippen molar-refractivity contribution in [2.75, 3.05) is 6.54 Å². The monoisotopic (exact) mass is 301 g/mol. The predicted molar refractivity (Wildman–Crippen MR) is 86.2 cm³/mol. The summed E-state index contributed by atoms with van der Waals surface area (Å²) in [5, 5.41) is 4.94. The molecule has 19 heavy (non-hydrogen) atoms. The lowest BCUT2D eigenvalue weighted by molar-refractivity contribution is 0.320. The molecule has 0 saturated heterocycles. The summed E-state index contributed by atoms with van der Waals surface area (Å²) in [6.45, 7) is 7.56. The lowest BCUT2D eigenvalue weighted by atomic mass is 9.86. The molecule has 0 heterocycles. The Morgan fingerprint density at radius 2 is 1.68 bits per heavy atom. The first-order valence-electron chi connectivity index (χ1n) is 7.32. The summed E-state index contributed by atoms with van der Waals surface area (Å²) in [4.78, 5) is 0. The van der Waals surface area contributed by atoms with Crippen LogP contribution in [0.3, 0.4) is 0 Å². The number of rotatable bonds is 8. The quantitative estimate of drug-likeness (QED) is 0.634. The van der Waals surface area contributed by atoms with Crippen LogP contribution in [0.5, 0.6) is 0 Å². The van der Waals surface area contributed by atoms with Gasteiger partial charge in [0, 0.05) is 6.04 Å². The highest BCUT2D eigenvalue weighted by Gasteiger charge is 2.23. The van der Waals surface area contributed by atoms with Crippen LogP contribution in [0.15, 0.2) is 18.2 Å². The van der Waals surface area contributed by atoms with E-state index in [2.05, 4.69) is 32.2 Å². The van der Waals surface area contributed by atoms with E-state index < -0.39 is 0 Å². The summed E-state index contributed by atoms with van der Waals surface area (Å²) in [5.41, 5.74) is 1.14. The van der Waals surface area contributed by atoms with Crippen LogP contribution in [0.25, 0.3) is 0 Å². The number of hydrogen-bond donors (Lipinski definition) is 1. The fourth-order valence-electron chi connectivity index (χ4n) is 2.73. The van der Waals surface area contributed by atoms with Gasteiger partial charge in [-0.3, -0.25) is 0 Å². The van der Waals surface area contributed by atoms with Crippen molar-refractivity contribution < 1.29 is 0 Å². The third-order valence-corrected chi connectivity index (χ3v) is 4.36. The SMILES string of the molecule is CCCC(CCC)C(NCC)c1cccc(Cl)c1Cl. The third-order valence-electron chi connectivity index (χ3n) is 3.53. The molecule has 0 saturated carbocycles. The largest absolute Gasteiger partial charge is 0.310 e. The average molecular weight is 302 g/mol. The van der Waals surface area contributed by atoms with Gasteiger partial charge in [0.05, 0.1) is 10.0 Å². The normalized spacial score (nSPS) is 12.9. The molecule has 1 N–H and O–H groups in total. The highest BCUT2D eigenvalue weighted by Crippen LogP contribution is 2.36. The zero-order chi connectivity index (χ0) is 14.3. The van der Waals surface area contributed by atoms with E-state index in [0.717, 1.165) is 12.1 Å². The summed E-state index contributed by atoms with van der Waals surface area (Å²) in [6.07, 6.45) is 4.83. The van der Waals surface area contributed by atoms with E-state index in [9.17, 15) is 0 Å². The lowest BCUT2D eigenvalue weighted by Gasteiger charge is -2.29. The molecule has 0 aromatic heterocycles. The Bertz CT molecular complexity index is 373. The van der Waals surface area contributed by atoms with E-state index in [-0.39, 0.29) is 0 Å². The van der Waals surface area contributed by atoms with Crippen LogP contribution in [-0.4, -0.2) is 6.54 Å². The van der Waals surface area contributed by atoms with Crippen molar-refractivity contribution in [3.05, 3.63) is 33.8 Å². The van der Waals surface area contributed by atoms with Gasteiger partial charge >= 0.3 is 0 Å². The Morgan fingerprint density at radius 3 is 2.21 bits per heavy atom.